The van der Waals surface area contributed by atoms with E-state index < -0.39 is 71.4 Å². The van der Waals surface area contributed by atoms with E-state index in [2.05, 4.69) is 5.32 Å². The number of pyridine rings is 1. The lowest BCUT2D eigenvalue weighted by molar-refractivity contribution is -0.145. The van der Waals surface area contributed by atoms with Gasteiger partial charge in [0.25, 0.3) is 5.56 Å². The second-order valence-corrected chi connectivity index (χ2v) is 9.77. The molecule has 0 bridgehead atoms. The van der Waals surface area contributed by atoms with Crippen LogP contribution in [0.2, 0.25) is 5.02 Å². The van der Waals surface area contributed by atoms with E-state index in [1.165, 1.54) is 12.3 Å². The quantitative estimate of drug-likeness (QED) is 0.138. The van der Waals surface area contributed by atoms with Crippen molar-refractivity contribution < 1.29 is 41.4 Å². The van der Waals surface area contributed by atoms with E-state index >= 15 is 0 Å². The van der Waals surface area contributed by atoms with Crippen molar-refractivity contribution in [3.8, 4) is 5.75 Å². The van der Waals surface area contributed by atoms with E-state index in [1.807, 2.05) is 0 Å². The average molecular weight is 619 g/mol. The number of esters is 1. The number of aromatic nitrogens is 1. The third-order valence-corrected chi connectivity index (χ3v) is 6.52. The molecule has 0 spiro atoms. The number of fused-ring (bicyclic) bond motifs is 1. The van der Waals surface area contributed by atoms with Gasteiger partial charge >= 0.3 is 5.97 Å². The summed E-state index contributed by atoms with van der Waals surface area (Å²) in [6, 6.07) is 13.5. The minimum absolute atomic E-state index is 0.0217. The summed E-state index contributed by atoms with van der Waals surface area (Å²) in [5.74, 6) is -11.2. The highest BCUT2D eigenvalue weighted by Crippen LogP contribution is 2.26. The number of carbonyl (C=O) groups is 3. The fourth-order valence-electron chi connectivity index (χ4n) is 4.08. The van der Waals surface area contributed by atoms with E-state index in [0.29, 0.717) is 16.0 Å². The van der Waals surface area contributed by atoms with Crippen LogP contribution in [0.1, 0.15) is 18.4 Å². The van der Waals surface area contributed by atoms with Crippen molar-refractivity contribution >= 4 is 40.0 Å². The molecule has 8 nitrogen and oxygen atoms in total. The Hall–Kier alpha value is -4.71. The molecule has 1 heterocycles. The molecule has 1 atom stereocenters. The Kier molecular flexibility index (Phi) is 10.1. The first-order chi connectivity index (χ1) is 20.5. The number of nitrogens with zero attached hydrogens (tertiary/aromatic N) is 1. The van der Waals surface area contributed by atoms with Crippen molar-refractivity contribution in [3.05, 3.63) is 111 Å². The molecule has 0 unspecified atom stereocenters. The number of carbonyl (C=O) groups excluding carboxylic acids is 3. The van der Waals surface area contributed by atoms with Gasteiger partial charge in [-0.3, -0.25) is 19.2 Å². The summed E-state index contributed by atoms with van der Waals surface area (Å²) in [6.07, 6.45) is 0.671. The van der Waals surface area contributed by atoms with Crippen molar-refractivity contribution in [3.63, 3.8) is 0 Å². The predicted molar refractivity (Wildman–Crippen MR) is 147 cm³/mol. The molecule has 0 aliphatic rings. The molecule has 0 aliphatic carbocycles. The molecule has 1 aromatic heterocycles. The van der Waals surface area contributed by atoms with Gasteiger partial charge in [0, 0.05) is 29.1 Å². The van der Waals surface area contributed by atoms with Crippen molar-refractivity contribution in [2.75, 3.05) is 6.61 Å². The number of Topliss-reactive ketones (excluding diaryl/α,β-unsaturated/α-hetero) is 1. The van der Waals surface area contributed by atoms with Crippen LogP contribution in [0.25, 0.3) is 10.8 Å². The Morgan fingerprint density at radius 1 is 0.930 bits per heavy atom. The van der Waals surface area contributed by atoms with Gasteiger partial charge in [0.2, 0.25) is 17.5 Å². The first-order valence-electron chi connectivity index (χ1n) is 12.8. The third-order valence-electron chi connectivity index (χ3n) is 6.29. The molecular formula is C30H23ClF4N2O6. The number of nitrogens with one attached hydrogen (secondary N) is 1. The van der Waals surface area contributed by atoms with Gasteiger partial charge in [-0.1, -0.05) is 48.0 Å². The summed E-state index contributed by atoms with van der Waals surface area (Å²) in [7, 11) is 0. The topological polar surface area (TPSA) is 104 Å². The Morgan fingerprint density at radius 3 is 2.33 bits per heavy atom. The van der Waals surface area contributed by atoms with Crippen LogP contribution in [-0.2, 0) is 32.3 Å². The Labute approximate surface area is 246 Å². The van der Waals surface area contributed by atoms with Crippen LogP contribution < -0.4 is 15.6 Å². The van der Waals surface area contributed by atoms with Gasteiger partial charge in [-0.15, -0.1) is 0 Å². The number of halogens is 5. The Balaban J connectivity index is 1.47. The van der Waals surface area contributed by atoms with Crippen molar-refractivity contribution in [2.45, 2.75) is 32.0 Å². The minimum atomic E-state index is -1.85. The lowest BCUT2D eigenvalue weighted by atomic mass is 10.1. The highest BCUT2D eigenvalue weighted by Gasteiger charge is 2.26. The highest BCUT2D eigenvalue weighted by atomic mass is 35.5. The lowest BCUT2D eigenvalue weighted by Crippen LogP contribution is -2.45. The van der Waals surface area contributed by atoms with Crippen LogP contribution in [-0.4, -0.2) is 34.9 Å². The molecule has 0 radical (unpaired) electrons. The van der Waals surface area contributed by atoms with E-state index in [-0.39, 0.29) is 30.9 Å². The van der Waals surface area contributed by atoms with Crippen LogP contribution in [0.15, 0.2) is 71.7 Å². The number of hydrogen-bond donors (Lipinski definition) is 1. The lowest BCUT2D eigenvalue weighted by Gasteiger charge is -2.19. The zero-order valence-corrected chi connectivity index (χ0v) is 23.0. The van der Waals surface area contributed by atoms with E-state index in [4.69, 9.17) is 21.1 Å². The summed E-state index contributed by atoms with van der Waals surface area (Å²) < 4.78 is 66.1. The first-order valence-corrected chi connectivity index (χ1v) is 13.2. The third kappa shape index (κ3) is 7.98. The SMILES string of the molecule is O=C(Cn1ccc2ccc(Cl)cc2c1=O)N[C@@H](CCC(=O)OCc1ccccc1)C(=O)COc1c(F)c(F)cc(F)c1F. The monoisotopic (exact) mass is 618 g/mol. The van der Waals surface area contributed by atoms with Gasteiger partial charge < -0.3 is 19.4 Å². The molecule has 4 rings (SSSR count). The number of amides is 1. The van der Waals surface area contributed by atoms with Gasteiger partial charge in [0.05, 0.1) is 6.04 Å². The molecule has 0 aliphatic heterocycles. The van der Waals surface area contributed by atoms with Gasteiger partial charge in [-0.05, 0) is 35.6 Å². The second kappa shape index (κ2) is 14.0. The molecular weight excluding hydrogens is 596 g/mol. The van der Waals surface area contributed by atoms with Crippen LogP contribution in [0.5, 0.6) is 5.75 Å². The highest BCUT2D eigenvalue weighted by molar-refractivity contribution is 6.31. The maximum atomic E-state index is 14.0. The first kappa shape index (κ1) is 31.2. The molecule has 0 saturated carbocycles. The smallest absolute Gasteiger partial charge is 0.306 e. The molecule has 1 N–H and O–H groups in total. The van der Waals surface area contributed by atoms with E-state index in [0.717, 1.165) is 4.57 Å². The Bertz CT molecular complexity index is 1710. The normalized spacial score (nSPS) is 11.7. The summed E-state index contributed by atoms with van der Waals surface area (Å²) in [5, 5.41) is 3.51. The van der Waals surface area contributed by atoms with Crippen LogP contribution >= 0.6 is 11.6 Å². The maximum absolute atomic E-state index is 14.0. The minimum Gasteiger partial charge on any atom is -0.479 e. The van der Waals surface area contributed by atoms with Gasteiger partial charge in [-0.25, -0.2) is 8.78 Å². The number of benzene rings is 3. The molecule has 4 aromatic rings. The van der Waals surface area contributed by atoms with E-state index in [9.17, 15) is 36.7 Å². The van der Waals surface area contributed by atoms with Gasteiger partial charge in [-0.2, -0.15) is 8.78 Å². The largest absolute Gasteiger partial charge is 0.479 e. The number of hydrogen-bond acceptors (Lipinski definition) is 6. The van der Waals surface area contributed by atoms with Crippen molar-refractivity contribution in [2.24, 2.45) is 0 Å². The molecule has 0 fully saturated rings. The van der Waals surface area contributed by atoms with Crippen LogP contribution in [0, 0.1) is 23.3 Å². The summed E-state index contributed by atoms with van der Waals surface area (Å²) >= 11 is 5.98. The number of ether oxygens (including phenoxy) is 2. The zero-order chi connectivity index (χ0) is 31.1. The summed E-state index contributed by atoms with van der Waals surface area (Å²) in [5.41, 5.74) is 0.170. The van der Waals surface area contributed by atoms with Gasteiger partial charge in [0.15, 0.2) is 23.2 Å². The molecule has 3 aromatic carbocycles. The molecule has 13 heteroatoms. The van der Waals surface area contributed by atoms with Crippen LogP contribution in [0.4, 0.5) is 17.6 Å². The predicted octanol–water partition coefficient (Wildman–Crippen LogP) is 4.87. The fourth-order valence-corrected chi connectivity index (χ4v) is 4.25. The maximum Gasteiger partial charge on any atom is 0.306 e. The summed E-state index contributed by atoms with van der Waals surface area (Å²) in [4.78, 5) is 51.1. The second-order valence-electron chi connectivity index (χ2n) is 9.34. The van der Waals surface area contributed by atoms with Crippen LogP contribution in [0.3, 0.4) is 0 Å². The van der Waals surface area contributed by atoms with Crippen molar-refractivity contribution in [1.29, 1.82) is 0 Å². The zero-order valence-electron chi connectivity index (χ0n) is 22.3. The van der Waals surface area contributed by atoms with E-state index in [1.54, 1.807) is 48.5 Å². The Morgan fingerprint density at radius 2 is 1.63 bits per heavy atom. The van der Waals surface area contributed by atoms with Gasteiger partial charge in [0.1, 0.15) is 19.8 Å². The van der Waals surface area contributed by atoms with Crippen molar-refractivity contribution in [1.82, 2.24) is 9.88 Å². The molecule has 43 heavy (non-hydrogen) atoms. The fraction of sp³-hybridized carbons (Fsp3) is 0.200. The molecule has 224 valence electrons. The number of rotatable bonds is 12. The summed E-state index contributed by atoms with van der Waals surface area (Å²) in [6.45, 7) is -1.70. The average Bonchev–Trinajstić information content (AvgIpc) is 2.99. The molecule has 1 amide bonds. The standard InChI is InChI=1S/C30H23ClF4N2O6/c31-19-7-6-18-10-11-37(30(41)20(18)12-19)14-25(39)36-23(8-9-26(40)42-15-17-4-2-1-3-5-17)24(38)16-43-29-27(34)21(32)13-22(33)28(29)35/h1-7,10-13,23H,8-9,14-16H2,(H,36,39)/t23-/m0/s1. The number of ketones is 1. The molecule has 0 saturated heterocycles.